The fraction of sp³-hybridized carbons (Fsp3) is 0.368. The van der Waals surface area contributed by atoms with Crippen molar-refractivity contribution >= 4 is 16.6 Å². The predicted octanol–water partition coefficient (Wildman–Crippen LogP) is 2.74. The second-order valence-electron chi connectivity index (χ2n) is 6.64. The van der Waals surface area contributed by atoms with Gasteiger partial charge in [-0.2, -0.15) is 0 Å². The maximum atomic E-state index is 14.1. The highest BCUT2D eigenvalue weighted by Crippen LogP contribution is 2.29. The van der Waals surface area contributed by atoms with Crippen LogP contribution in [0.5, 0.6) is 0 Å². The van der Waals surface area contributed by atoms with Crippen LogP contribution in [-0.4, -0.2) is 45.6 Å². The Labute approximate surface area is 146 Å². The van der Waals surface area contributed by atoms with E-state index in [2.05, 4.69) is 30.4 Å². The molecule has 3 heterocycles. The lowest BCUT2D eigenvalue weighted by Gasteiger charge is -2.36. The maximum absolute atomic E-state index is 14.1. The molecule has 25 heavy (non-hydrogen) atoms. The van der Waals surface area contributed by atoms with Gasteiger partial charge in [-0.25, -0.2) is 14.4 Å². The number of aryl methyl sites for hydroxylation is 2. The van der Waals surface area contributed by atoms with Crippen LogP contribution in [0.25, 0.3) is 10.9 Å². The van der Waals surface area contributed by atoms with Gasteiger partial charge in [-0.15, -0.1) is 0 Å². The summed E-state index contributed by atoms with van der Waals surface area (Å²) in [6.07, 6.45) is 3.82. The standard InChI is InChI=1S/C19H22FN5/c1-14-12-17(15-4-3-5-16(20)19(15)22-14)25-10-8-24(9-11-25)13-18-21-6-7-23(18)2/h3-7,12H,8-11,13H2,1-2H3. The molecule has 1 aliphatic heterocycles. The van der Waals surface area contributed by atoms with E-state index in [9.17, 15) is 4.39 Å². The number of benzene rings is 1. The third-order valence-corrected chi connectivity index (χ3v) is 4.90. The molecule has 0 bridgehead atoms. The van der Waals surface area contributed by atoms with E-state index in [1.807, 2.05) is 32.4 Å². The molecule has 0 radical (unpaired) electrons. The van der Waals surface area contributed by atoms with Crippen molar-refractivity contribution in [1.29, 1.82) is 0 Å². The largest absolute Gasteiger partial charge is 0.368 e. The summed E-state index contributed by atoms with van der Waals surface area (Å²) < 4.78 is 16.2. The Bertz CT molecular complexity index is 896. The number of fused-ring (bicyclic) bond motifs is 1. The SMILES string of the molecule is Cc1cc(N2CCN(Cc3nccn3C)CC2)c2cccc(F)c2n1. The van der Waals surface area contributed by atoms with Crippen molar-refractivity contribution < 1.29 is 4.39 Å². The van der Waals surface area contributed by atoms with Gasteiger partial charge in [-0.05, 0) is 19.1 Å². The maximum Gasteiger partial charge on any atom is 0.149 e. The van der Waals surface area contributed by atoms with E-state index < -0.39 is 0 Å². The molecule has 0 amide bonds. The molecule has 0 aliphatic carbocycles. The van der Waals surface area contributed by atoms with Gasteiger partial charge in [0.15, 0.2) is 0 Å². The highest BCUT2D eigenvalue weighted by atomic mass is 19.1. The summed E-state index contributed by atoms with van der Waals surface area (Å²) in [5.74, 6) is 0.830. The zero-order valence-corrected chi connectivity index (χ0v) is 14.6. The average Bonchev–Trinajstić information content (AvgIpc) is 3.01. The Balaban J connectivity index is 1.54. The van der Waals surface area contributed by atoms with Crippen molar-refractivity contribution in [3.8, 4) is 0 Å². The fourth-order valence-electron chi connectivity index (χ4n) is 3.48. The van der Waals surface area contributed by atoms with Gasteiger partial charge in [-0.3, -0.25) is 4.90 Å². The highest BCUT2D eigenvalue weighted by molar-refractivity contribution is 5.92. The number of hydrogen-bond acceptors (Lipinski definition) is 4. The summed E-state index contributed by atoms with van der Waals surface area (Å²) in [6.45, 7) is 6.55. The number of anilines is 1. The topological polar surface area (TPSA) is 37.2 Å². The first-order chi connectivity index (χ1) is 12.1. The van der Waals surface area contributed by atoms with E-state index in [-0.39, 0.29) is 5.82 Å². The first-order valence-electron chi connectivity index (χ1n) is 8.61. The van der Waals surface area contributed by atoms with Crippen molar-refractivity contribution in [2.45, 2.75) is 13.5 Å². The number of nitrogens with zero attached hydrogens (tertiary/aromatic N) is 5. The van der Waals surface area contributed by atoms with E-state index >= 15 is 0 Å². The summed E-state index contributed by atoms with van der Waals surface area (Å²) in [5.41, 5.74) is 2.40. The van der Waals surface area contributed by atoms with E-state index in [4.69, 9.17) is 0 Å². The molecule has 1 fully saturated rings. The molecule has 3 aromatic rings. The molecule has 0 saturated carbocycles. The summed E-state index contributed by atoms with van der Waals surface area (Å²) in [6, 6.07) is 7.26. The molecular weight excluding hydrogens is 317 g/mol. The zero-order valence-electron chi connectivity index (χ0n) is 14.6. The fourth-order valence-corrected chi connectivity index (χ4v) is 3.48. The lowest BCUT2D eigenvalue weighted by molar-refractivity contribution is 0.242. The van der Waals surface area contributed by atoms with Crippen molar-refractivity contribution in [3.05, 3.63) is 54.0 Å². The number of para-hydroxylation sites is 1. The van der Waals surface area contributed by atoms with Gasteiger partial charge in [0, 0.05) is 62.4 Å². The third kappa shape index (κ3) is 3.09. The number of aromatic nitrogens is 3. The van der Waals surface area contributed by atoms with Crippen LogP contribution in [0, 0.1) is 12.7 Å². The minimum absolute atomic E-state index is 0.254. The van der Waals surface area contributed by atoms with Crippen LogP contribution in [0.4, 0.5) is 10.1 Å². The van der Waals surface area contributed by atoms with Crippen molar-refractivity contribution in [2.75, 3.05) is 31.1 Å². The molecular formula is C19H22FN5. The molecule has 1 aliphatic rings. The lowest BCUT2D eigenvalue weighted by atomic mass is 10.1. The second kappa shape index (κ2) is 6.44. The molecule has 1 aromatic carbocycles. The van der Waals surface area contributed by atoms with Crippen LogP contribution in [0.1, 0.15) is 11.5 Å². The van der Waals surface area contributed by atoms with Crippen LogP contribution in [0.2, 0.25) is 0 Å². The molecule has 0 unspecified atom stereocenters. The van der Waals surface area contributed by atoms with Crippen LogP contribution in [-0.2, 0) is 13.6 Å². The first-order valence-corrected chi connectivity index (χ1v) is 8.61. The van der Waals surface area contributed by atoms with Gasteiger partial charge in [0.2, 0.25) is 0 Å². The van der Waals surface area contributed by atoms with E-state index in [1.54, 1.807) is 6.07 Å². The normalized spacial score (nSPS) is 15.9. The Morgan fingerprint density at radius 2 is 1.96 bits per heavy atom. The van der Waals surface area contributed by atoms with Gasteiger partial charge >= 0.3 is 0 Å². The molecule has 2 aromatic heterocycles. The van der Waals surface area contributed by atoms with E-state index in [0.29, 0.717) is 5.52 Å². The smallest absolute Gasteiger partial charge is 0.149 e. The molecule has 4 rings (SSSR count). The van der Waals surface area contributed by atoms with Crippen LogP contribution in [0.15, 0.2) is 36.7 Å². The van der Waals surface area contributed by atoms with Crippen molar-refractivity contribution in [2.24, 2.45) is 7.05 Å². The first kappa shape index (κ1) is 16.0. The minimum atomic E-state index is -0.254. The minimum Gasteiger partial charge on any atom is -0.368 e. The van der Waals surface area contributed by atoms with Gasteiger partial charge in [-0.1, -0.05) is 12.1 Å². The number of imidazole rings is 1. The summed E-state index contributed by atoms with van der Waals surface area (Å²) in [4.78, 5) is 13.5. The number of piperazine rings is 1. The third-order valence-electron chi connectivity index (χ3n) is 4.90. The van der Waals surface area contributed by atoms with Gasteiger partial charge < -0.3 is 9.47 Å². The highest BCUT2D eigenvalue weighted by Gasteiger charge is 2.21. The molecule has 0 N–H and O–H groups in total. The van der Waals surface area contributed by atoms with Crippen LogP contribution >= 0.6 is 0 Å². The van der Waals surface area contributed by atoms with E-state index in [0.717, 1.165) is 55.3 Å². The van der Waals surface area contributed by atoms with Crippen LogP contribution in [0.3, 0.4) is 0 Å². The average molecular weight is 339 g/mol. The van der Waals surface area contributed by atoms with E-state index in [1.165, 1.54) is 6.07 Å². The monoisotopic (exact) mass is 339 g/mol. The molecule has 0 atom stereocenters. The Morgan fingerprint density at radius 3 is 2.68 bits per heavy atom. The Kier molecular flexibility index (Phi) is 4.13. The Morgan fingerprint density at radius 1 is 1.16 bits per heavy atom. The zero-order chi connectivity index (χ0) is 17.4. The van der Waals surface area contributed by atoms with Gasteiger partial charge in [0.1, 0.15) is 17.2 Å². The molecule has 6 heteroatoms. The number of hydrogen-bond donors (Lipinski definition) is 0. The van der Waals surface area contributed by atoms with Crippen molar-refractivity contribution in [1.82, 2.24) is 19.4 Å². The predicted molar refractivity (Wildman–Crippen MR) is 97.1 cm³/mol. The number of halogens is 1. The van der Waals surface area contributed by atoms with Gasteiger partial charge in [0.05, 0.1) is 6.54 Å². The number of pyridine rings is 1. The molecule has 1 saturated heterocycles. The molecule has 5 nitrogen and oxygen atoms in total. The molecule has 130 valence electrons. The summed E-state index contributed by atoms with van der Waals surface area (Å²) in [5, 5.41) is 0.892. The van der Waals surface area contributed by atoms with Crippen LogP contribution < -0.4 is 4.90 Å². The Hall–Kier alpha value is -2.47. The van der Waals surface area contributed by atoms with Crippen molar-refractivity contribution in [3.63, 3.8) is 0 Å². The lowest BCUT2D eigenvalue weighted by Crippen LogP contribution is -2.46. The second-order valence-corrected chi connectivity index (χ2v) is 6.64. The summed E-state index contributed by atoms with van der Waals surface area (Å²) in [7, 11) is 2.03. The quantitative estimate of drug-likeness (QED) is 0.735. The molecule has 0 spiro atoms. The van der Waals surface area contributed by atoms with Gasteiger partial charge in [0.25, 0.3) is 0 Å². The number of rotatable bonds is 3. The summed E-state index contributed by atoms with van der Waals surface area (Å²) >= 11 is 0.